The second kappa shape index (κ2) is 3.50. The average molecular weight is 207 g/mol. The summed E-state index contributed by atoms with van der Waals surface area (Å²) in [6.45, 7) is 2.03. The zero-order valence-corrected chi connectivity index (χ0v) is 8.93. The molecular weight excluding hydrogens is 196 g/mol. The Bertz CT molecular complexity index is 477. The molecule has 0 fully saturated rings. The Hall–Kier alpha value is -1.21. The van der Waals surface area contributed by atoms with E-state index in [2.05, 4.69) is 6.07 Å². The zero-order valence-electron chi connectivity index (χ0n) is 8.17. The monoisotopic (exact) mass is 206 g/mol. The van der Waals surface area contributed by atoms with Crippen molar-refractivity contribution in [3.63, 3.8) is 0 Å². The quantitative estimate of drug-likeness (QED) is 0.690. The number of rotatable bonds is 1. The molecule has 2 aromatic rings. The van der Waals surface area contributed by atoms with Crippen molar-refractivity contribution in [1.29, 1.82) is 0 Å². The Kier molecular flexibility index (Phi) is 2.34. The van der Waals surface area contributed by atoms with E-state index in [9.17, 15) is 0 Å². The molecule has 2 aromatic carbocycles. The third-order valence-electron chi connectivity index (χ3n) is 2.32. The van der Waals surface area contributed by atoms with Crippen LogP contribution in [0.2, 0.25) is 5.02 Å². The third-order valence-corrected chi connectivity index (χ3v) is 2.55. The van der Waals surface area contributed by atoms with E-state index in [0.717, 1.165) is 27.1 Å². The Morgan fingerprint density at radius 3 is 2.57 bits per heavy atom. The molecule has 1 nitrogen and oxygen atoms in total. The minimum atomic E-state index is 0.766. The number of aryl methyl sites for hydroxylation is 1. The number of benzene rings is 2. The highest BCUT2D eigenvalue weighted by Crippen LogP contribution is 2.27. The first-order valence-electron chi connectivity index (χ1n) is 4.44. The molecule has 0 N–H and O–H groups in total. The first-order valence-corrected chi connectivity index (χ1v) is 4.82. The molecule has 0 amide bonds. The van der Waals surface area contributed by atoms with E-state index < -0.39 is 0 Å². The van der Waals surface area contributed by atoms with Gasteiger partial charge in [0, 0.05) is 5.02 Å². The Labute approximate surface area is 88.3 Å². The lowest BCUT2D eigenvalue weighted by molar-refractivity contribution is 0.412. The summed E-state index contributed by atoms with van der Waals surface area (Å²) in [5.74, 6) is 0.917. The molecule has 0 saturated carbocycles. The molecule has 0 aliphatic heterocycles. The van der Waals surface area contributed by atoms with Crippen molar-refractivity contribution in [2.24, 2.45) is 0 Å². The van der Waals surface area contributed by atoms with Gasteiger partial charge in [0.1, 0.15) is 5.75 Å². The molecule has 0 bridgehead atoms. The van der Waals surface area contributed by atoms with Gasteiger partial charge in [-0.3, -0.25) is 0 Å². The van der Waals surface area contributed by atoms with E-state index in [1.165, 1.54) is 0 Å². The maximum atomic E-state index is 5.91. The number of hydrogen-bond acceptors (Lipinski definition) is 1. The van der Waals surface area contributed by atoms with Gasteiger partial charge in [-0.1, -0.05) is 17.7 Å². The highest BCUT2D eigenvalue weighted by Gasteiger charge is 2.01. The lowest BCUT2D eigenvalue weighted by atomic mass is 10.1. The number of fused-ring (bicyclic) bond motifs is 1. The molecule has 72 valence electrons. The first kappa shape index (κ1) is 9.35. The minimum absolute atomic E-state index is 0.766. The van der Waals surface area contributed by atoms with Gasteiger partial charge in [0.2, 0.25) is 0 Å². The van der Waals surface area contributed by atoms with Gasteiger partial charge in [0.05, 0.1) is 7.11 Å². The van der Waals surface area contributed by atoms with Gasteiger partial charge in [0.25, 0.3) is 0 Å². The van der Waals surface area contributed by atoms with Crippen LogP contribution in [0.25, 0.3) is 10.8 Å². The topological polar surface area (TPSA) is 9.23 Å². The second-order valence-electron chi connectivity index (χ2n) is 3.31. The summed E-state index contributed by atoms with van der Waals surface area (Å²) in [6, 6.07) is 9.96. The van der Waals surface area contributed by atoms with E-state index >= 15 is 0 Å². The van der Waals surface area contributed by atoms with Crippen molar-refractivity contribution in [3.05, 3.63) is 40.9 Å². The smallest absolute Gasteiger partial charge is 0.122 e. The lowest BCUT2D eigenvalue weighted by Gasteiger charge is -2.06. The van der Waals surface area contributed by atoms with Crippen LogP contribution < -0.4 is 4.74 Å². The highest BCUT2D eigenvalue weighted by atomic mass is 35.5. The molecule has 0 atom stereocenters. The fourth-order valence-corrected chi connectivity index (χ4v) is 1.76. The zero-order chi connectivity index (χ0) is 10.1. The Morgan fingerprint density at radius 1 is 1.07 bits per heavy atom. The first-order chi connectivity index (χ1) is 6.70. The Morgan fingerprint density at radius 2 is 1.86 bits per heavy atom. The van der Waals surface area contributed by atoms with E-state index in [4.69, 9.17) is 16.3 Å². The predicted octanol–water partition coefficient (Wildman–Crippen LogP) is 3.81. The van der Waals surface area contributed by atoms with Crippen molar-refractivity contribution < 1.29 is 4.74 Å². The molecule has 2 heteroatoms. The van der Waals surface area contributed by atoms with E-state index in [0.29, 0.717) is 0 Å². The Balaban J connectivity index is 2.73. The number of ether oxygens (including phenoxy) is 1. The molecule has 2 rings (SSSR count). The van der Waals surface area contributed by atoms with Crippen LogP contribution in [-0.4, -0.2) is 7.11 Å². The molecule has 0 unspecified atom stereocenters. The molecule has 0 heterocycles. The maximum Gasteiger partial charge on any atom is 0.122 e. The van der Waals surface area contributed by atoms with Gasteiger partial charge >= 0.3 is 0 Å². The largest absolute Gasteiger partial charge is 0.496 e. The summed E-state index contributed by atoms with van der Waals surface area (Å²) < 4.78 is 5.25. The third kappa shape index (κ3) is 1.55. The van der Waals surface area contributed by atoms with Crippen molar-refractivity contribution in [2.45, 2.75) is 6.92 Å². The van der Waals surface area contributed by atoms with E-state index in [1.54, 1.807) is 7.11 Å². The number of halogens is 1. The van der Waals surface area contributed by atoms with Crippen LogP contribution in [0.5, 0.6) is 5.75 Å². The second-order valence-corrected chi connectivity index (χ2v) is 3.75. The molecule has 0 aliphatic carbocycles. The van der Waals surface area contributed by atoms with Crippen molar-refractivity contribution >= 4 is 22.4 Å². The molecule has 0 saturated heterocycles. The van der Waals surface area contributed by atoms with Gasteiger partial charge in [0.15, 0.2) is 0 Å². The normalized spacial score (nSPS) is 10.5. The predicted molar refractivity (Wildman–Crippen MR) is 60.2 cm³/mol. The molecule has 0 aromatic heterocycles. The fraction of sp³-hybridized carbons (Fsp3) is 0.167. The SMILES string of the molecule is COc1cc2ccc(Cl)cc2cc1C. The summed E-state index contributed by atoms with van der Waals surface area (Å²) in [6.07, 6.45) is 0. The lowest BCUT2D eigenvalue weighted by Crippen LogP contribution is -1.86. The van der Waals surface area contributed by atoms with Gasteiger partial charge in [-0.05, 0) is 47.5 Å². The standard InChI is InChI=1S/C12H11ClO/c1-8-5-10-6-11(13)4-3-9(10)7-12(8)14-2/h3-7H,1-2H3. The summed E-state index contributed by atoms with van der Waals surface area (Å²) in [4.78, 5) is 0. The van der Waals surface area contributed by atoms with Crippen LogP contribution in [0.15, 0.2) is 30.3 Å². The molecule has 0 spiro atoms. The van der Waals surface area contributed by atoms with Gasteiger partial charge in [-0.15, -0.1) is 0 Å². The summed E-state index contributed by atoms with van der Waals surface area (Å²) in [5.41, 5.74) is 1.13. The average Bonchev–Trinajstić information content (AvgIpc) is 2.16. The molecular formula is C12H11ClO. The summed E-state index contributed by atoms with van der Waals surface area (Å²) in [5, 5.41) is 3.06. The van der Waals surface area contributed by atoms with Crippen LogP contribution in [0, 0.1) is 6.92 Å². The van der Waals surface area contributed by atoms with Gasteiger partial charge in [-0.25, -0.2) is 0 Å². The van der Waals surface area contributed by atoms with Gasteiger partial charge < -0.3 is 4.74 Å². The molecule has 14 heavy (non-hydrogen) atoms. The summed E-state index contributed by atoms with van der Waals surface area (Å²) in [7, 11) is 1.68. The van der Waals surface area contributed by atoms with Crippen LogP contribution in [0.4, 0.5) is 0 Å². The molecule has 0 radical (unpaired) electrons. The van der Waals surface area contributed by atoms with E-state index in [-0.39, 0.29) is 0 Å². The number of methoxy groups -OCH3 is 1. The number of hydrogen-bond donors (Lipinski definition) is 0. The van der Waals surface area contributed by atoms with Crippen molar-refractivity contribution in [1.82, 2.24) is 0 Å². The van der Waals surface area contributed by atoms with Gasteiger partial charge in [-0.2, -0.15) is 0 Å². The van der Waals surface area contributed by atoms with Crippen LogP contribution >= 0.6 is 11.6 Å². The summed E-state index contributed by atoms with van der Waals surface area (Å²) >= 11 is 5.91. The van der Waals surface area contributed by atoms with Crippen LogP contribution in [0.3, 0.4) is 0 Å². The maximum absolute atomic E-state index is 5.91. The van der Waals surface area contributed by atoms with E-state index in [1.807, 2.05) is 31.2 Å². The van der Waals surface area contributed by atoms with Crippen molar-refractivity contribution in [3.8, 4) is 5.75 Å². The minimum Gasteiger partial charge on any atom is -0.496 e. The van der Waals surface area contributed by atoms with Crippen molar-refractivity contribution in [2.75, 3.05) is 7.11 Å². The van der Waals surface area contributed by atoms with Crippen LogP contribution in [0.1, 0.15) is 5.56 Å². The molecule has 0 aliphatic rings. The fourth-order valence-electron chi connectivity index (χ4n) is 1.58. The van der Waals surface area contributed by atoms with Crippen LogP contribution in [-0.2, 0) is 0 Å². The highest BCUT2D eigenvalue weighted by molar-refractivity contribution is 6.31.